The van der Waals surface area contributed by atoms with Crippen LogP contribution < -0.4 is 11.1 Å². The maximum Gasteiger partial charge on any atom is 0.323 e. The smallest absolute Gasteiger partial charge is 0.323 e. The lowest BCUT2D eigenvalue weighted by atomic mass is 10.3. The summed E-state index contributed by atoms with van der Waals surface area (Å²) in [6.45, 7) is 0. The van der Waals surface area contributed by atoms with E-state index in [0.717, 1.165) is 12.2 Å². The van der Waals surface area contributed by atoms with E-state index in [4.69, 9.17) is 5.73 Å². The Bertz CT molecular complexity index is 212. The van der Waals surface area contributed by atoms with Crippen LogP contribution in [-0.4, -0.2) is 43.6 Å². The third-order valence-corrected chi connectivity index (χ3v) is 2.94. The fourth-order valence-electron chi connectivity index (χ4n) is 0.890. The Kier molecular flexibility index (Phi) is 8.12. The molecule has 0 saturated heterocycles. The van der Waals surface area contributed by atoms with Gasteiger partial charge in [0.05, 0.1) is 7.11 Å². The normalized spacial score (nSPS) is 11.9. The second kappa shape index (κ2) is 8.55. The first-order valence-electron chi connectivity index (χ1n) is 4.73. The number of amides is 1. The third kappa shape index (κ3) is 7.21. The maximum absolute atomic E-state index is 10.9. The van der Waals surface area contributed by atoms with E-state index in [1.165, 1.54) is 7.11 Å². The van der Waals surface area contributed by atoms with Crippen LogP contribution in [-0.2, 0) is 14.3 Å². The Labute approximate surface area is 94.1 Å². The van der Waals surface area contributed by atoms with Crippen LogP contribution in [0, 0.1) is 0 Å². The molecule has 0 aliphatic carbocycles. The highest BCUT2D eigenvalue weighted by molar-refractivity contribution is 7.99. The summed E-state index contributed by atoms with van der Waals surface area (Å²) in [5.74, 6) is 0.986. The second-order valence-electron chi connectivity index (χ2n) is 2.98. The zero-order chi connectivity index (χ0) is 11.7. The van der Waals surface area contributed by atoms with Crippen molar-refractivity contribution in [1.82, 2.24) is 5.32 Å². The summed E-state index contributed by atoms with van der Waals surface area (Å²) in [4.78, 5) is 21.7. The van der Waals surface area contributed by atoms with E-state index in [1.807, 2.05) is 0 Å². The molecule has 3 N–H and O–H groups in total. The van der Waals surface area contributed by atoms with Gasteiger partial charge in [-0.3, -0.25) is 9.59 Å². The van der Waals surface area contributed by atoms with Crippen molar-refractivity contribution in [1.29, 1.82) is 0 Å². The average Bonchev–Trinajstić information content (AvgIpc) is 2.26. The van der Waals surface area contributed by atoms with E-state index in [2.05, 4.69) is 10.1 Å². The highest BCUT2D eigenvalue weighted by Crippen LogP contribution is 2.06. The molecule has 0 aliphatic heterocycles. The van der Waals surface area contributed by atoms with E-state index in [9.17, 15) is 9.59 Å². The summed E-state index contributed by atoms with van der Waals surface area (Å²) in [7, 11) is 2.93. The molecule has 88 valence electrons. The van der Waals surface area contributed by atoms with Crippen LogP contribution >= 0.6 is 11.8 Å². The summed E-state index contributed by atoms with van der Waals surface area (Å²) in [5.41, 5.74) is 5.52. The molecule has 0 aromatic carbocycles. The predicted octanol–water partition coefficient (Wildman–Crippen LogP) is -0.254. The zero-order valence-corrected chi connectivity index (χ0v) is 9.93. The SMILES string of the molecule is CNC(=O)CCCSCC(N)C(=O)OC. The van der Waals surface area contributed by atoms with E-state index in [1.54, 1.807) is 18.8 Å². The monoisotopic (exact) mass is 234 g/mol. The number of thioether (sulfide) groups is 1. The van der Waals surface area contributed by atoms with Crippen molar-refractivity contribution in [2.24, 2.45) is 5.73 Å². The second-order valence-corrected chi connectivity index (χ2v) is 4.13. The van der Waals surface area contributed by atoms with Gasteiger partial charge in [-0.2, -0.15) is 11.8 Å². The molecule has 0 aromatic heterocycles. The van der Waals surface area contributed by atoms with Crippen molar-refractivity contribution in [3.8, 4) is 0 Å². The predicted molar refractivity (Wildman–Crippen MR) is 60.6 cm³/mol. The standard InChI is InChI=1S/C9H18N2O3S/c1-11-8(12)4-3-5-15-6-7(10)9(13)14-2/h7H,3-6,10H2,1-2H3,(H,11,12). The first-order valence-corrected chi connectivity index (χ1v) is 5.89. The van der Waals surface area contributed by atoms with E-state index in [0.29, 0.717) is 12.2 Å². The Balaban J connectivity index is 3.38. The summed E-state index contributed by atoms with van der Waals surface area (Å²) >= 11 is 1.55. The lowest BCUT2D eigenvalue weighted by molar-refractivity contribution is -0.141. The highest BCUT2D eigenvalue weighted by Gasteiger charge is 2.12. The number of hydrogen-bond acceptors (Lipinski definition) is 5. The fourth-order valence-corrected chi connectivity index (χ4v) is 1.79. The molecule has 0 radical (unpaired) electrons. The number of hydrogen-bond donors (Lipinski definition) is 2. The lowest BCUT2D eigenvalue weighted by Crippen LogP contribution is -2.33. The Hall–Kier alpha value is -0.750. The molecule has 0 spiro atoms. The molecule has 0 aliphatic rings. The van der Waals surface area contributed by atoms with Crippen molar-refractivity contribution in [3.05, 3.63) is 0 Å². The largest absolute Gasteiger partial charge is 0.468 e. The average molecular weight is 234 g/mol. The van der Waals surface area contributed by atoms with Crippen LogP contribution in [0.2, 0.25) is 0 Å². The molecule has 0 heterocycles. The summed E-state index contributed by atoms with van der Waals surface area (Å²) < 4.78 is 4.48. The van der Waals surface area contributed by atoms with Gasteiger partial charge in [-0.05, 0) is 12.2 Å². The van der Waals surface area contributed by atoms with Crippen LogP contribution in [0.25, 0.3) is 0 Å². The summed E-state index contributed by atoms with van der Waals surface area (Å²) in [6.07, 6.45) is 1.30. The van der Waals surface area contributed by atoms with Gasteiger partial charge >= 0.3 is 5.97 Å². The van der Waals surface area contributed by atoms with Crippen molar-refractivity contribution < 1.29 is 14.3 Å². The van der Waals surface area contributed by atoms with Crippen molar-refractivity contribution >= 4 is 23.6 Å². The van der Waals surface area contributed by atoms with Gasteiger partial charge in [0.25, 0.3) is 0 Å². The Morgan fingerprint density at radius 2 is 2.20 bits per heavy atom. The number of nitrogens with two attached hydrogens (primary N) is 1. The molecule has 0 bridgehead atoms. The first kappa shape index (κ1) is 14.2. The van der Waals surface area contributed by atoms with Gasteiger partial charge in [0.15, 0.2) is 0 Å². The molecular weight excluding hydrogens is 216 g/mol. The molecule has 6 heteroatoms. The van der Waals surface area contributed by atoms with Crippen LogP contribution in [0.5, 0.6) is 0 Å². The molecule has 1 amide bonds. The molecule has 0 aromatic rings. The lowest BCUT2D eigenvalue weighted by Gasteiger charge is -2.08. The van der Waals surface area contributed by atoms with Gasteiger partial charge in [0.2, 0.25) is 5.91 Å². The number of esters is 1. The molecule has 1 atom stereocenters. The number of ether oxygens (including phenoxy) is 1. The summed E-state index contributed by atoms with van der Waals surface area (Å²) in [6, 6.07) is -0.569. The molecule has 0 fully saturated rings. The quantitative estimate of drug-likeness (QED) is 0.469. The molecule has 5 nitrogen and oxygen atoms in total. The van der Waals surface area contributed by atoms with E-state index < -0.39 is 12.0 Å². The van der Waals surface area contributed by atoms with Crippen LogP contribution in [0.3, 0.4) is 0 Å². The van der Waals surface area contributed by atoms with Crippen molar-refractivity contribution in [2.75, 3.05) is 25.7 Å². The fraction of sp³-hybridized carbons (Fsp3) is 0.778. The molecule has 0 rings (SSSR count). The third-order valence-electron chi connectivity index (χ3n) is 1.77. The van der Waals surface area contributed by atoms with Gasteiger partial charge in [0.1, 0.15) is 6.04 Å². The zero-order valence-electron chi connectivity index (χ0n) is 9.12. The number of methoxy groups -OCH3 is 1. The Morgan fingerprint density at radius 1 is 1.53 bits per heavy atom. The Morgan fingerprint density at radius 3 is 2.73 bits per heavy atom. The number of carbonyl (C=O) groups excluding carboxylic acids is 2. The van der Waals surface area contributed by atoms with Crippen LogP contribution in [0.15, 0.2) is 0 Å². The number of rotatable bonds is 7. The number of nitrogens with one attached hydrogen (secondary N) is 1. The van der Waals surface area contributed by atoms with Gasteiger partial charge in [-0.15, -0.1) is 0 Å². The van der Waals surface area contributed by atoms with Crippen LogP contribution in [0.4, 0.5) is 0 Å². The van der Waals surface area contributed by atoms with E-state index >= 15 is 0 Å². The number of carbonyl (C=O) groups is 2. The molecular formula is C9H18N2O3S. The van der Waals surface area contributed by atoms with Gasteiger partial charge in [0, 0.05) is 19.2 Å². The highest BCUT2D eigenvalue weighted by atomic mass is 32.2. The minimum atomic E-state index is -0.569. The molecule has 1 unspecified atom stereocenters. The summed E-state index contributed by atoms with van der Waals surface area (Å²) in [5, 5.41) is 2.55. The van der Waals surface area contributed by atoms with E-state index in [-0.39, 0.29) is 5.91 Å². The van der Waals surface area contributed by atoms with Crippen molar-refractivity contribution in [3.63, 3.8) is 0 Å². The minimum Gasteiger partial charge on any atom is -0.468 e. The van der Waals surface area contributed by atoms with Gasteiger partial charge < -0.3 is 15.8 Å². The topological polar surface area (TPSA) is 81.4 Å². The molecule has 15 heavy (non-hydrogen) atoms. The molecule has 0 saturated carbocycles. The first-order chi connectivity index (χ1) is 7.11. The van der Waals surface area contributed by atoms with Gasteiger partial charge in [-0.1, -0.05) is 0 Å². The van der Waals surface area contributed by atoms with Gasteiger partial charge in [-0.25, -0.2) is 0 Å². The minimum absolute atomic E-state index is 0.0351. The van der Waals surface area contributed by atoms with Crippen LogP contribution in [0.1, 0.15) is 12.8 Å². The van der Waals surface area contributed by atoms with Crippen molar-refractivity contribution in [2.45, 2.75) is 18.9 Å². The maximum atomic E-state index is 10.9.